The van der Waals surface area contributed by atoms with Crippen molar-refractivity contribution in [3.05, 3.63) is 29.6 Å². The van der Waals surface area contributed by atoms with Crippen LogP contribution < -0.4 is 15.4 Å². The van der Waals surface area contributed by atoms with Crippen LogP contribution in [0.15, 0.2) is 18.2 Å². The quantitative estimate of drug-likeness (QED) is 0.812. The molecular weight excluding hydrogens is 207 g/mol. The SMILES string of the molecule is COc1ccc(F)cc1C(C)NC1CNC1. The number of nitrogens with one attached hydrogen (secondary N) is 2. The summed E-state index contributed by atoms with van der Waals surface area (Å²) in [5.74, 6) is 0.505. The van der Waals surface area contributed by atoms with Gasteiger partial charge in [-0.3, -0.25) is 0 Å². The summed E-state index contributed by atoms with van der Waals surface area (Å²) in [6.07, 6.45) is 0. The predicted molar refractivity (Wildman–Crippen MR) is 61.2 cm³/mol. The highest BCUT2D eigenvalue weighted by atomic mass is 19.1. The van der Waals surface area contributed by atoms with Crippen molar-refractivity contribution in [3.8, 4) is 5.75 Å². The van der Waals surface area contributed by atoms with Crippen molar-refractivity contribution in [3.63, 3.8) is 0 Å². The van der Waals surface area contributed by atoms with Gasteiger partial charge in [-0.25, -0.2) is 4.39 Å². The summed E-state index contributed by atoms with van der Waals surface area (Å²) in [5, 5.41) is 6.62. The molecule has 0 saturated carbocycles. The van der Waals surface area contributed by atoms with Crippen LogP contribution in [0, 0.1) is 5.82 Å². The highest BCUT2D eigenvalue weighted by Crippen LogP contribution is 2.26. The molecule has 1 aromatic rings. The Labute approximate surface area is 95.0 Å². The van der Waals surface area contributed by atoms with Gasteiger partial charge in [0.05, 0.1) is 7.11 Å². The van der Waals surface area contributed by atoms with Crippen molar-refractivity contribution < 1.29 is 9.13 Å². The van der Waals surface area contributed by atoms with Crippen LogP contribution >= 0.6 is 0 Å². The Bertz CT molecular complexity index is 366. The van der Waals surface area contributed by atoms with E-state index in [4.69, 9.17) is 4.74 Å². The van der Waals surface area contributed by atoms with E-state index in [0.717, 1.165) is 24.4 Å². The first-order chi connectivity index (χ1) is 7.70. The summed E-state index contributed by atoms with van der Waals surface area (Å²) in [4.78, 5) is 0. The first-order valence-corrected chi connectivity index (χ1v) is 5.51. The lowest BCUT2D eigenvalue weighted by atomic mass is 10.0. The van der Waals surface area contributed by atoms with Gasteiger partial charge in [0.2, 0.25) is 0 Å². The van der Waals surface area contributed by atoms with E-state index in [1.165, 1.54) is 12.1 Å². The minimum absolute atomic E-state index is 0.0951. The molecule has 1 heterocycles. The number of ether oxygens (including phenoxy) is 1. The number of benzene rings is 1. The third kappa shape index (κ3) is 2.33. The maximum absolute atomic E-state index is 13.2. The van der Waals surface area contributed by atoms with Crippen LogP contribution in [0.1, 0.15) is 18.5 Å². The molecule has 88 valence electrons. The Morgan fingerprint density at radius 1 is 1.50 bits per heavy atom. The summed E-state index contributed by atoms with van der Waals surface area (Å²) in [5.41, 5.74) is 0.870. The second-order valence-electron chi connectivity index (χ2n) is 4.13. The van der Waals surface area contributed by atoms with Gasteiger partial charge >= 0.3 is 0 Å². The number of hydrogen-bond donors (Lipinski definition) is 2. The summed E-state index contributed by atoms with van der Waals surface area (Å²) in [6, 6.07) is 5.19. The molecule has 1 aliphatic rings. The Kier molecular flexibility index (Phi) is 3.41. The normalized spacial score (nSPS) is 17.9. The lowest BCUT2D eigenvalue weighted by Gasteiger charge is -2.31. The minimum Gasteiger partial charge on any atom is -0.496 e. The lowest BCUT2D eigenvalue weighted by Crippen LogP contribution is -2.55. The van der Waals surface area contributed by atoms with Gasteiger partial charge in [0, 0.05) is 30.7 Å². The number of methoxy groups -OCH3 is 1. The molecule has 1 saturated heterocycles. The monoisotopic (exact) mass is 224 g/mol. The molecule has 1 aromatic carbocycles. The molecule has 1 aliphatic heterocycles. The van der Waals surface area contributed by atoms with E-state index in [9.17, 15) is 4.39 Å². The van der Waals surface area contributed by atoms with Crippen molar-refractivity contribution in [1.29, 1.82) is 0 Å². The average Bonchev–Trinajstić information content (AvgIpc) is 2.23. The van der Waals surface area contributed by atoms with E-state index in [1.54, 1.807) is 13.2 Å². The molecule has 0 radical (unpaired) electrons. The van der Waals surface area contributed by atoms with Gasteiger partial charge in [-0.15, -0.1) is 0 Å². The summed E-state index contributed by atoms with van der Waals surface area (Å²) >= 11 is 0. The van der Waals surface area contributed by atoms with Crippen LogP contribution in [-0.2, 0) is 0 Å². The Balaban J connectivity index is 2.13. The van der Waals surface area contributed by atoms with E-state index in [0.29, 0.717) is 6.04 Å². The second kappa shape index (κ2) is 4.80. The number of hydrogen-bond acceptors (Lipinski definition) is 3. The molecule has 16 heavy (non-hydrogen) atoms. The smallest absolute Gasteiger partial charge is 0.123 e. The van der Waals surface area contributed by atoms with E-state index < -0.39 is 0 Å². The second-order valence-corrected chi connectivity index (χ2v) is 4.13. The van der Waals surface area contributed by atoms with Crippen molar-refractivity contribution in [1.82, 2.24) is 10.6 Å². The van der Waals surface area contributed by atoms with Crippen LogP contribution in [0.25, 0.3) is 0 Å². The van der Waals surface area contributed by atoms with Crippen LogP contribution in [0.4, 0.5) is 4.39 Å². The van der Waals surface area contributed by atoms with E-state index >= 15 is 0 Å². The largest absolute Gasteiger partial charge is 0.496 e. The summed E-state index contributed by atoms with van der Waals surface area (Å²) in [7, 11) is 1.61. The fourth-order valence-corrected chi connectivity index (χ4v) is 1.89. The van der Waals surface area contributed by atoms with Gasteiger partial charge < -0.3 is 15.4 Å². The zero-order valence-electron chi connectivity index (χ0n) is 9.59. The van der Waals surface area contributed by atoms with Gasteiger partial charge in [0.1, 0.15) is 11.6 Å². The van der Waals surface area contributed by atoms with Gasteiger partial charge in [-0.05, 0) is 25.1 Å². The third-order valence-electron chi connectivity index (χ3n) is 2.93. The van der Waals surface area contributed by atoms with Crippen molar-refractivity contribution in [2.24, 2.45) is 0 Å². The first kappa shape index (κ1) is 11.4. The Morgan fingerprint density at radius 3 is 2.81 bits per heavy atom. The molecule has 0 bridgehead atoms. The van der Waals surface area contributed by atoms with Crippen molar-refractivity contribution >= 4 is 0 Å². The molecule has 2 rings (SSSR count). The van der Waals surface area contributed by atoms with Gasteiger partial charge in [-0.2, -0.15) is 0 Å². The predicted octanol–water partition coefficient (Wildman–Crippen LogP) is 1.46. The molecule has 1 unspecified atom stereocenters. The van der Waals surface area contributed by atoms with Crippen LogP contribution in [-0.4, -0.2) is 26.2 Å². The molecule has 0 spiro atoms. The molecule has 0 amide bonds. The Hall–Kier alpha value is -1.13. The third-order valence-corrected chi connectivity index (χ3v) is 2.93. The van der Waals surface area contributed by atoms with E-state index in [2.05, 4.69) is 10.6 Å². The fourth-order valence-electron chi connectivity index (χ4n) is 1.89. The van der Waals surface area contributed by atoms with Gasteiger partial charge in [0.15, 0.2) is 0 Å². The van der Waals surface area contributed by atoms with Gasteiger partial charge in [-0.1, -0.05) is 0 Å². The molecule has 4 heteroatoms. The lowest BCUT2D eigenvalue weighted by molar-refractivity contribution is 0.330. The molecule has 0 aliphatic carbocycles. The van der Waals surface area contributed by atoms with Crippen LogP contribution in [0.2, 0.25) is 0 Å². The molecular formula is C12H17FN2O. The highest BCUT2D eigenvalue weighted by molar-refractivity contribution is 5.36. The average molecular weight is 224 g/mol. The zero-order valence-corrected chi connectivity index (χ0v) is 9.59. The zero-order chi connectivity index (χ0) is 11.5. The van der Waals surface area contributed by atoms with Crippen molar-refractivity contribution in [2.45, 2.75) is 19.0 Å². The number of halogens is 1. The summed E-state index contributed by atoms with van der Waals surface area (Å²) in [6.45, 7) is 3.97. The molecule has 2 N–H and O–H groups in total. The molecule has 3 nitrogen and oxygen atoms in total. The van der Waals surface area contributed by atoms with Crippen molar-refractivity contribution in [2.75, 3.05) is 20.2 Å². The molecule has 1 fully saturated rings. The Morgan fingerprint density at radius 2 is 2.25 bits per heavy atom. The maximum Gasteiger partial charge on any atom is 0.123 e. The fraction of sp³-hybridized carbons (Fsp3) is 0.500. The van der Waals surface area contributed by atoms with Gasteiger partial charge in [0.25, 0.3) is 0 Å². The molecule has 0 aromatic heterocycles. The standard InChI is InChI=1S/C12H17FN2O/c1-8(15-10-6-14-7-10)11-5-9(13)3-4-12(11)16-2/h3-5,8,10,14-15H,6-7H2,1-2H3. The van der Waals surface area contributed by atoms with E-state index in [1.807, 2.05) is 6.92 Å². The molecule has 1 atom stereocenters. The number of rotatable bonds is 4. The highest BCUT2D eigenvalue weighted by Gasteiger charge is 2.21. The van der Waals surface area contributed by atoms with Crippen LogP contribution in [0.3, 0.4) is 0 Å². The first-order valence-electron chi connectivity index (χ1n) is 5.51. The van der Waals surface area contributed by atoms with E-state index in [-0.39, 0.29) is 11.9 Å². The minimum atomic E-state index is -0.226. The summed E-state index contributed by atoms with van der Waals surface area (Å²) < 4.78 is 18.4. The maximum atomic E-state index is 13.2. The van der Waals surface area contributed by atoms with Crippen LogP contribution in [0.5, 0.6) is 5.75 Å². The topological polar surface area (TPSA) is 33.3 Å².